The van der Waals surface area contributed by atoms with Gasteiger partial charge < -0.3 is 24.6 Å². The number of rotatable bonds is 4. The van der Waals surface area contributed by atoms with Crippen LogP contribution in [0.5, 0.6) is 11.6 Å². The molecular formula is C26H28ClN3O7. The molecule has 3 aliphatic rings. The van der Waals surface area contributed by atoms with Crippen molar-refractivity contribution in [3.8, 4) is 11.6 Å². The number of aliphatic carboxylic acids is 1. The van der Waals surface area contributed by atoms with Crippen LogP contribution in [0.1, 0.15) is 32.1 Å². The second kappa shape index (κ2) is 10.1. The molecule has 196 valence electrons. The molecule has 2 amide bonds. The van der Waals surface area contributed by atoms with Crippen LogP contribution < -0.4 is 14.8 Å². The number of aromatic nitrogens is 1. The van der Waals surface area contributed by atoms with Crippen molar-refractivity contribution in [1.29, 1.82) is 0 Å². The number of hydrogen-bond donors (Lipinski definition) is 2. The van der Waals surface area contributed by atoms with Crippen LogP contribution in [0.4, 0.5) is 4.79 Å². The van der Waals surface area contributed by atoms with Crippen molar-refractivity contribution >= 4 is 40.3 Å². The van der Waals surface area contributed by atoms with E-state index in [0.29, 0.717) is 24.0 Å². The average Bonchev–Trinajstić information content (AvgIpc) is 3.40. The molecule has 1 aromatic heterocycles. The van der Waals surface area contributed by atoms with E-state index < -0.39 is 35.7 Å². The van der Waals surface area contributed by atoms with Crippen LogP contribution in [-0.4, -0.2) is 70.9 Å². The molecule has 0 bridgehead atoms. The van der Waals surface area contributed by atoms with E-state index in [1.807, 2.05) is 18.2 Å². The van der Waals surface area contributed by atoms with Gasteiger partial charge in [-0.15, -0.1) is 0 Å². The quantitative estimate of drug-likeness (QED) is 0.454. The van der Waals surface area contributed by atoms with Crippen LogP contribution in [0, 0.1) is 5.92 Å². The number of carboxylic acids is 1. The van der Waals surface area contributed by atoms with Gasteiger partial charge in [0.15, 0.2) is 0 Å². The summed E-state index contributed by atoms with van der Waals surface area (Å²) in [4.78, 5) is 44.0. The minimum Gasteiger partial charge on any atom is -0.497 e. The molecule has 1 aliphatic carbocycles. The van der Waals surface area contributed by atoms with Gasteiger partial charge in [0.1, 0.15) is 28.6 Å². The highest BCUT2D eigenvalue weighted by Crippen LogP contribution is 2.45. The number of amides is 2. The number of methoxy groups -OCH3 is 1. The predicted octanol–water partition coefficient (Wildman–Crippen LogP) is 3.55. The number of cyclic esters (lactones) is 1. The maximum Gasteiger partial charge on any atom is 0.410 e. The summed E-state index contributed by atoms with van der Waals surface area (Å²) in [7, 11) is 1.57. The van der Waals surface area contributed by atoms with Gasteiger partial charge in [0.05, 0.1) is 20.3 Å². The molecule has 2 aliphatic heterocycles. The summed E-state index contributed by atoms with van der Waals surface area (Å²) < 4.78 is 16.9. The van der Waals surface area contributed by atoms with Gasteiger partial charge in [-0.3, -0.25) is 9.69 Å². The van der Waals surface area contributed by atoms with Gasteiger partial charge in [-0.2, -0.15) is 0 Å². The minimum absolute atomic E-state index is 0.0756. The van der Waals surface area contributed by atoms with Gasteiger partial charge in [0.2, 0.25) is 11.8 Å². The number of carbonyl (C=O) groups is 3. The summed E-state index contributed by atoms with van der Waals surface area (Å²) in [6.45, 7) is 0.306. The molecule has 0 spiro atoms. The van der Waals surface area contributed by atoms with E-state index in [-0.39, 0.29) is 36.5 Å². The Kier molecular flexibility index (Phi) is 6.85. The van der Waals surface area contributed by atoms with Crippen molar-refractivity contribution in [3.63, 3.8) is 0 Å². The molecule has 2 N–H and O–H groups in total. The number of nitrogens with zero attached hydrogens (tertiary/aromatic N) is 2. The van der Waals surface area contributed by atoms with Gasteiger partial charge in [0.25, 0.3) is 0 Å². The lowest BCUT2D eigenvalue weighted by molar-refractivity contribution is -0.144. The van der Waals surface area contributed by atoms with E-state index >= 15 is 0 Å². The summed E-state index contributed by atoms with van der Waals surface area (Å²) in [6.07, 6.45) is 5.22. The highest BCUT2D eigenvalue weighted by atomic mass is 35.5. The fourth-order valence-electron chi connectivity index (χ4n) is 5.01. The zero-order chi connectivity index (χ0) is 26.2. The molecule has 5 rings (SSSR count). The molecule has 11 heteroatoms. The van der Waals surface area contributed by atoms with Gasteiger partial charge in [-0.05, 0) is 55.3 Å². The van der Waals surface area contributed by atoms with E-state index in [2.05, 4.69) is 10.3 Å². The lowest BCUT2D eigenvalue weighted by atomic mass is 10.1. The van der Waals surface area contributed by atoms with Crippen molar-refractivity contribution in [3.05, 3.63) is 41.6 Å². The highest BCUT2D eigenvalue weighted by molar-refractivity contribution is 6.30. The smallest absolute Gasteiger partial charge is 0.410 e. The van der Waals surface area contributed by atoms with E-state index in [4.69, 9.17) is 25.8 Å². The number of carbonyl (C=O) groups excluding carboxylic acids is 2. The summed E-state index contributed by atoms with van der Waals surface area (Å²) in [5, 5.41) is 14.2. The molecule has 1 aromatic carbocycles. The molecule has 10 nitrogen and oxygen atoms in total. The van der Waals surface area contributed by atoms with E-state index in [1.54, 1.807) is 25.3 Å². The third kappa shape index (κ3) is 5.02. The number of fused-ring (bicyclic) bond motifs is 3. The number of pyridine rings is 1. The second-order valence-electron chi connectivity index (χ2n) is 9.60. The van der Waals surface area contributed by atoms with Gasteiger partial charge in [-0.1, -0.05) is 23.8 Å². The Hall–Kier alpha value is -3.53. The SMILES string of the molecule is COc1ccc2c(OC3C[C@H]4C(=O)N[C@]5(C(=O)O)CC5C=CCCCCOC(=O)N4C3)nc(Cl)cc2c1. The summed E-state index contributed by atoms with van der Waals surface area (Å²) in [5.74, 6) is -1.01. The molecular weight excluding hydrogens is 502 g/mol. The summed E-state index contributed by atoms with van der Waals surface area (Å²) >= 11 is 6.23. The van der Waals surface area contributed by atoms with Crippen LogP contribution in [0.25, 0.3) is 10.8 Å². The van der Waals surface area contributed by atoms with E-state index in [1.165, 1.54) is 4.90 Å². The van der Waals surface area contributed by atoms with Crippen molar-refractivity contribution < 1.29 is 33.7 Å². The fourth-order valence-corrected chi connectivity index (χ4v) is 5.21. The molecule has 2 unspecified atom stereocenters. The maximum atomic E-state index is 13.3. The summed E-state index contributed by atoms with van der Waals surface area (Å²) in [6, 6.07) is 6.13. The van der Waals surface area contributed by atoms with E-state index in [9.17, 15) is 19.5 Å². The first-order valence-corrected chi connectivity index (χ1v) is 12.6. The zero-order valence-corrected chi connectivity index (χ0v) is 21.1. The van der Waals surface area contributed by atoms with Crippen molar-refractivity contribution in [1.82, 2.24) is 15.2 Å². The Labute approximate surface area is 218 Å². The first-order chi connectivity index (χ1) is 17.8. The Morgan fingerprint density at radius 2 is 2.14 bits per heavy atom. The van der Waals surface area contributed by atoms with Crippen LogP contribution in [0.2, 0.25) is 5.15 Å². The zero-order valence-electron chi connectivity index (χ0n) is 20.3. The van der Waals surface area contributed by atoms with Crippen molar-refractivity contribution in [2.75, 3.05) is 20.3 Å². The Bertz CT molecular complexity index is 1270. The second-order valence-corrected chi connectivity index (χ2v) is 9.98. The Morgan fingerprint density at radius 1 is 1.30 bits per heavy atom. The summed E-state index contributed by atoms with van der Waals surface area (Å²) in [5.41, 5.74) is -1.37. The fraction of sp³-hybridized carbons (Fsp3) is 0.462. The predicted molar refractivity (Wildman–Crippen MR) is 134 cm³/mol. The molecule has 37 heavy (non-hydrogen) atoms. The highest BCUT2D eigenvalue weighted by Gasteiger charge is 2.61. The molecule has 0 radical (unpaired) electrons. The number of halogens is 1. The number of nitrogens with one attached hydrogen (secondary N) is 1. The van der Waals surface area contributed by atoms with Crippen LogP contribution >= 0.6 is 11.6 Å². The topological polar surface area (TPSA) is 127 Å². The number of carboxylic acid groups (broad SMARTS) is 1. The lowest BCUT2D eigenvalue weighted by Gasteiger charge is -2.25. The van der Waals surface area contributed by atoms with Crippen molar-refractivity contribution in [2.45, 2.75) is 49.8 Å². The third-order valence-electron chi connectivity index (χ3n) is 7.15. The first-order valence-electron chi connectivity index (χ1n) is 12.3. The molecule has 2 aromatic rings. The third-order valence-corrected chi connectivity index (χ3v) is 7.35. The number of allylic oxidation sites excluding steroid dienone is 1. The largest absolute Gasteiger partial charge is 0.497 e. The Morgan fingerprint density at radius 3 is 2.92 bits per heavy atom. The first kappa shape index (κ1) is 25.1. The Balaban J connectivity index is 1.40. The normalized spacial score (nSPS) is 27.9. The monoisotopic (exact) mass is 529 g/mol. The van der Waals surface area contributed by atoms with Gasteiger partial charge in [-0.25, -0.2) is 14.6 Å². The molecule has 1 saturated carbocycles. The van der Waals surface area contributed by atoms with Gasteiger partial charge in [0, 0.05) is 17.7 Å². The van der Waals surface area contributed by atoms with Crippen molar-refractivity contribution in [2.24, 2.45) is 5.92 Å². The molecule has 2 fully saturated rings. The number of ether oxygens (including phenoxy) is 3. The standard InChI is InChI=1S/C26H28ClN3O7/c1-35-17-7-8-19-15(10-17)11-21(27)28-23(19)37-18-12-20-22(31)29-26(24(32)33)13-16(26)6-4-2-3-5-9-36-25(34)30(20)14-18/h4,6-8,10-11,16,18,20H,2-3,5,9,12-14H2,1H3,(H,29,31)(H,32,33)/t16?,18?,20-,26+/m0/s1. The van der Waals surface area contributed by atoms with E-state index in [0.717, 1.165) is 18.2 Å². The number of benzene rings is 1. The lowest BCUT2D eigenvalue weighted by Crippen LogP contribution is -2.53. The maximum absolute atomic E-state index is 13.3. The van der Waals surface area contributed by atoms with Crippen LogP contribution in [0.15, 0.2) is 36.4 Å². The molecule has 4 atom stereocenters. The minimum atomic E-state index is -1.37. The van der Waals surface area contributed by atoms with Gasteiger partial charge >= 0.3 is 12.1 Å². The molecule has 3 heterocycles. The van der Waals surface area contributed by atoms with Crippen LogP contribution in [-0.2, 0) is 14.3 Å². The van der Waals surface area contributed by atoms with Crippen LogP contribution in [0.3, 0.4) is 0 Å². The average molecular weight is 530 g/mol. The number of hydrogen-bond acceptors (Lipinski definition) is 7. The molecule has 1 saturated heterocycles.